The van der Waals surface area contributed by atoms with Crippen LogP contribution in [0.2, 0.25) is 0 Å². The summed E-state index contributed by atoms with van der Waals surface area (Å²) in [6, 6.07) is 10.9. The number of nitrogens with zero attached hydrogens (tertiary/aromatic N) is 4. The number of piperidine rings is 3. The van der Waals surface area contributed by atoms with Crippen LogP contribution in [0.3, 0.4) is 0 Å². The molecule has 76 heavy (non-hydrogen) atoms. The quantitative estimate of drug-likeness (QED) is 0.222. The molecular formula is C60H68N4O12. The van der Waals surface area contributed by atoms with E-state index in [4.69, 9.17) is 28.4 Å². The molecule has 16 heteroatoms. The minimum atomic E-state index is -1.24. The maximum atomic E-state index is 14.0. The van der Waals surface area contributed by atoms with Gasteiger partial charge in [0.05, 0.1) is 33.0 Å². The summed E-state index contributed by atoms with van der Waals surface area (Å²) in [7, 11) is 2.12. The zero-order valence-electron chi connectivity index (χ0n) is 43.1. The molecule has 3 aromatic rings. The molecule has 17 aliphatic rings. The van der Waals surface area contributed by atoms with E-state index in [1.807, 2.05) is 6.07 Å². The molecular weight excluding hydrogens is 969 g/mol. The third kappa shape index (κ3) is 4.26. The fourth-order valence-electron chi connectivity index (χ4n) is 22.3. The third-order valence-electron chi connectivity index (χ3n) is 25.6. The van der Waals surface area contributed by atoms with Crippen LogP contribution in [0.15, 0.2) is 36.4 Å². The highest BCUT2D eigenvalue weighted by molar-refractivity contribution is 5.67. The maximum absolute atomic E-state index is 14.0. The average molecular weight is 1040 g/mol. The molecule has 9 heterocycles. The number of phenols is 3. The molecule has 18 atom stereocenters. The van der Waals surface area contributed by atoms with Gasteiger partial charge in [-0.25, -0.2) is 4.90 Å². The normalized spacial score (nSPS) is 51.4. The van der Waals surface area contributed by atoms with Gasteiger partial charge in [-0.3, -0.25) is 9.80 Å². The van der Waals surface area contributed by atoms with E-state index < -0.39 is 86.8 Å². The molecule has 5 saturated carbocycles. The lowest BCUT2D eigenvalue weighted by molar-refractivity contribution is -0.287. The van der Waals surface area contributed by atoms with Crippen molar-refractivity contribution in [2.45, 2.75) is 208 Å². The molecule has 0 amide bonds. The number of aromatic hydroxyl groups is 3. The van der Waals surface area contributed by atoms with Gasteiger partial charge in [0.2, 0.25) is 0 Å². The van der Waals surface area contributed by atoms with Gasteiger partial charge in [-0.05, 0) is 176 Å². The summed E-state index contributed by atoms with van der Waals surface area (Å²) < 4.78 is 47.0. The Balaban J connectivity index is 0.802. The van der Waals surface area contributed by atoms with E-state index in [0.717, 1.165) is 66.1 Å². The molecule has 0 radical (unpaired) electrons. The number of phenolic OH excluding ortho intramolecular Hbond substituents is 3. The zero-order chi connectivity index (χ0) is 50.4. The smallest absolute Gasteiger partial charge is 0.165 e. The first-order chi connectivity index (χ1) is 36.7. The Labute approximate surface area is 440 Å². The first-order valence-electron chi connectivity index (χ1n) is 29.4. The van der Waals surface area contributed by atoms with Crippen LogP contribution in [0.1, 0.15) is 117 Å². The van der Waals surface area contributed by atoms with E-state index in [2.05, 4.69) is 38.8 Å². The van der Waals surface area contributed by atoms with Crippen molar-refractivity contribution < 1.29 is 59.1 Å². The van der Waals surface area contributed by atoms with Gasteiger partial charge in [0, 0.05) is 47.9 Å². The zero-order valence-corrected chi connectivity index (χ0v) is 43.1. The fourth-order valence-corrected chi connectivity index (χ4v) is 22.3. The Morgan fingerprint density at radius 3 is 1.20 bits per heavy atom. The molecule has 3 aromatic carbocycles. The predicted molar refractivity (Wildman–Crippen MR) is 267 cm³/mol. The lowest BCUT2D eigenvalue weighted by Crippen LogP contribution is -2.81. The van der Waals surface area contributed by atoms with Gasteiger partial charge in [0.25, 0.3) is 0 Å². The summed E-state index contributed by atoms with van der Waals surface area (Å²) in [5.74, 6) is 2.74. The molecule has 3 unspecified atom stereocenters. The largest absolute Gasteiger partial charge is 0.504 e. The fraction of sp³-hybridized carbons (Fsp3) is 0.700. The number of benzene rings is 3. The van der Waals surface area contributed by atoms with Crippen molar-refractivity contribution in [1.82, 2.24) is 19.6 Å². The van der Waals surface area contributed by atoms with Gasteiger partial charge in [-0.2, -0.15) is 0 Å². The number of hydrogen-bond donors (Lipinski definition) is 6. The van der Waals surface area contributed by atoms with E-state index >= 15 is 0 Å². The Kier molecular flexibility index (Phi) is 7.48. The molecule has 9 aliphatic heterocycles. The van der Waals surface area contributed by atoms with Crippen LogP contribution in [0.25, 0.3) is 0 Å². The van der Waals surface area contributed by atoms with Gasteiger partial charge in [0.1, 0.15) is 53.8 Å². The molecule has 11 fully saturated rings. The van der Waals surface area contributed by atoms with Crippen LogP contribution in [0, 0.1) is 11.8 Å². The molecule has 6 bridgehead atoms. The molecule has 400 valence electrons. The SMILES string of the molecule is CN1CC[C@]23c4c5ccc(O)c4O[C@H]2C2(CC[C@@]3(O)[C@H]1C5)O[C@H]1N3[C@@H]2OC2(CC[C@@]4(O)[C@H]5Cc6ccc(O)c7c6[C@@]4(CCN5CC4CC4)[C@H]2O7)[C@H]3OC12CC[C@@]1(O)[C@H]3Cc4ccc(O)c5c4[C@@]1(CCN3CC1CC1)[C@H]2O5. The minimum Gasteiger partial charge on any atom is -0.504 e. The van der Waals surface area contributed by atoms with Crippen LogP contribution in [-0.4, -0.2) is 179 Å². The second kappa shape index (κ2) is 13.0. The lowest BCUT2D eigenvalue weighted by atomic mass is 9.46. The van der Waals surface area contributed by atoms with Gasteiger partial charge in [0.15, 0.2) is 34.5 Å². The summed E-state index contributed by atoms with van der Waals surface area (Å²) in [5, 5.41) is 77.5. The minimum absolute atomic E-state index is 0.0500. The van der Waals surface area contributed by atoms with Crippen molar-refractivity contribution in [1.29, 1.82) is 0 Å². The summed E-state index contributed by atoms with van der Waals surface area (Å²) >= 11 is 0. The summed E-state index contributed by atoms with van der Waals surface area (Å²) in [6.45, 7) is 4.20. The maximum Gasteiger partial charge on any atom is 0.165 e. The van der Waals surface area contributed by atoms with Crippen LogP contribution < -0.4 is 14.2 Å². The van der Waals surface area contributed by atoms with E-state index in [1.165, 1.54) is 25.7 Å². The highest BCUT2D eigenvalue weighted by Crippen LogP contribution is 2.78. The van der Waals surface area contributed by atoms with Crippen molar-refractivity contribution in [2.24, 2.45) is 11.8 Å². The van der Waals surface area contributed by atoms with Crippen molar-refractivity contribution in [2.75, 3.05) is 39.8 Å². The van der Waals surface area contributed by atoms with Crippen molar-refractivity contribution in [3.63, 3.8) is 0 Å². The number of likely N-dealkylation sites (tertiary alicyclic amines) is 3. The van der Waals surface area contributed by atoms with Crippen molar-refractivity contribution in [3.8, 4) is 34.5 Å². The average Bonchev–Trinajstić information content (AvgIpc) is 2.22. The Hall–Kier alpha value is -3.94. The number of hydrogen-bond acceptors (Lipinski definition) is 16. The Bertz CT molecular complexity index is 3110. The Morgan fingerprint density at radius 1 is 0.461 bits per heavy atom. The van der Waals surface area contributed by atoms with Crippen LogP contribution >= 0.6 is 0 Å². The van der Waals surface area contributed by atoms with Crippen LogP contribution in [0.4, 0.5) is 0 Å². The third-order valence-corrected chi connectivity index (χ3v) is 25.6. The molecule has 6 spiro atoms. The second-order valence-corrected chi connectivity index (χ2v) is 28.0. The van der Waals surface area contributed by atoms with E-state index in [0.29, 0.717) is 106 Å². The van der Waals surface area contributed by atoms with Gasteiger partial charge in [-0.15, -0.1) is 0 Å². The van der Waals surface area contributed by atoms with Crippen LogP contribution in [-0.2, 0) is 49.7 Å². The molecule has 20 rings (SSSR count). The van der Waals surface area contributed by atoms with Crippen LogP contribution in [0.5, 0.6) is 34.5 Å². The summed E-state index contributed by atoms with van der Waals surface area (Å²) in [5.41, 5.74) is -4.19. The van der Waals surface area contributed by atoms with Crippen molar-refractivity contribution in [3.05, 3.63) is 69.8 Å². The van der Waals surface area contributed by atoms with E-state index in [1.54, 1.807) is 18.2 Å². The highest BCUT2D eigenvalue weighted by atomic mass is 16.7. The van der Waals surface area contributed by atoms with E-state index in [-0.39, 0.29) is 35.4 Å². The number of rotatable bonds is 4. The first kappa shape index (κ1) is 43.9. The number of ether oxygens (including phenoxy) is 6. The lowest BCUT2D eigenvalue weighted by Gasteiger charge is -2.66. The number of likely N-dealkylation sites (N-methyl/N-ethyl adjacent to an activating group) is 1. The highest BCUT2D eigenvalue weighted by Gasteiger charge is 2.91. The summed E-state index contributed by atoms with van der Waals surface area (Å²) in [6.07, 6.45) is 6.29. The molecule has 8 aliphatic carbocycles. The molecule has 16 nitrogen and oxygen atoms in total. The summed E-state index contributed by atoms with van der Waals surface area (Å²) in [4.78, 5) is 9.78. The number of aliphatic hydroxyl groups is 3. The standard InChI is InChI=1S/C60H68N4O12/c1-61-21-18-52-40-31-6-9-34(65)43(40)71-46(52)55(12-15-58(52,68)37(61)24-31)49-64-50(74-55)56(13-16-59(69)38-25-32-7-10-35(66)44-41(32)53(59,47(56)72-44)19-22-62(38)27-29-2-3-29)76-51(64)57(75-49)14-17-60(70)39-26-33-8-11-36(67)45-42(33)54(60,48(57)73-45)20-23-63(39)28-30-4-5-30/h6-11,29-30,37-39,46-51,65-70H,2-5,12-28H2,1H3/t37-,38-,39-,46-,47-,48-,49-,50-,51-,52+,53+,54+,55?,56?,57?,58-,59-,60-/m1/s1. The second-order valence-electron chi connectivity index (χ2n) is 28.0. The molecule has 0 aromatic heterocycles. The predicted octanol–water partition coefficient (Wildman–Crippen LogP) is 3.70. The van der Waals surface area contributed by atoms with Gasteiger partial charge >= 0.3 is 0 Å². The monoisotopic (exact) mass is 1040 g/mol. The molecule has 6 N–H and O–H groups in total. The molecule has 6 saturated heterocycles. The first-order valence-corrected chi connectivity index (χ1v) is 29.4. The van der Waals surface area contributed by atoms with Crippen molar-refractivity contribution >= 4 is 0 Å². The van der Waals surface area contributed by atoms with Gasteiger partial charge in [-0.1, -0.05) is 18.2 Å². The number of fused-ring (bicyclic) bond motifs is 6. The van der Waals surface area contributed by atoms with Gasteiger partial charge < -0.3 is 64.0 Å². The van der Waals surface area contributed by atoms with E-state index in [9.17, 15) is 30.6 Å². The Morgan fingerprint density at radius 2 is 0.816 bits per heavy atom. The topological polar surface area (TPSA) is 190 Å².